The molecule has 3 heteroatoms. The molecule has 0 atom stereocenters. The van der Waals surface area contributed by atoms with Crippen molar-refractivity contribution in [3.8, 4) is 0 Å². The van der Waals surface area contributed by atoms with Crippen LogP contribution in [-0.2, 0) is 11.2 Å². The van der Waals surface area contributed by atoms with Gasteiger partial charge < -0.3 is 11.1 Å². The fourth-order valence-electron chi connectivity index (χ4n) is 1.17. The van der Waals surface area contributed by atoms with E-state index >= 15 is 0 Å². The maximum atomic E-state index is 11.5. The summed E-state index contributed by atoms with van der Waals surface area (Å²) in [7, 11) is 0. The number of carbonyl (C=O) groups is 1. The van der Waals surface area contributed by atoms with E-state index in [0.29, 0.717) is 13.0 Å². The van der Waals surface area contributed by atoms with E-state index in [1.807, 2.05) is 44.2 Å². The molecule has 0 aliphatic rings. The van der Waals surface area contributed by atoms with Crippen molar-refractivity contribution < 1.29 is 4.79 Å². The number of hydrogen-bond donors (Lipinski definition) is 2. The third-order valence-corrected chi connectivity index (χ3v) is 1.95. The van der Waals surface area contributed by atoms with Crippen molar-refractivity contribution in [2.75, 3.05) is 6.54 Å². The first kappa shape index (κ1) is 11.7. The molecule has 3 N–H and O–H groups in total. The Bertz CT molecular complexity index is 314. The van der Waals surface area contributed by atoms with Gasteiger partial charge in [0.05, 0.1) is 6.42 Å². The lowest BCUT2D eigenvalue weighted by molar-refractivity contribution is -0.120. The average molecular weight is 206 g/mol. The molecule has 1 aromatic carbocycles. The second-order valence-electron chi connectivity index (χ2n) is 4.43. The fraction of sp³-hybridized carbons (Fsp3) is 0.417. The number of rotatable bonds is 4. The maximum Gasteiger partial charge on any atom is 0.224 e. The quantitative estimate of drug-likeness (QED) is 0.774. The molecular weight excluding hydrogens is 188 g/mol. The summed E-state index contributed by atoms with van der Waals surface area (Å²) in [6.07, 6.45) is 0.414. The van der Waals surface area contributed by atoms with Gasteiger partial charge in [-0.3, -0.25) is 4.79 Å². The highest BCUT2D eigenvalue weighted by Crippen LogP contribution is 1.99. The summed E-state index contributed by atoms with van der Waals surface area (Å²) in [6.45, 7) is 4.27. The smallest absolute Gasteiger partial charge is 0.224 e. The van der Waals surface area contributed by atoms with Crippen molar-refractivity contribution in [2.45, 2.75) is 25.8 Å². The lowest BCUT2D eigenvalue weighted by Gasteiger charge is -2.18. The zero-order valence-electron chi connectivity index (χ0n) is 9.29. The van der Waals surface area contributed by atoms with Gasteiger partial charge in [0.2, 0.25) is 5.91 Å². The normalized spacial score (nSPS) is 11.1. The Kier molecular flexibility index (Phi) is 3.86. The van der Waals surface area contributed by atoms with Gasteiger partial charge in [-0.05, 0) is 19.4 Å². The highest BCUT2D eigenvalue weighted by molar-refractivity contribution is 5.78. The molecule has 1 amide bonds. The molecule has 0 fully saturated rings. The maximum absolute atomic E-state index is 11.5. The van der Waals surface area contributed by atoms with Crippen molar-refractivity contribution in [1.82, 2.24) is 5.32 Å². The third-order valence-electron chi connectivity index (χ3n) is 1.95. The lowest BCUT2D eigenvalue weighted by atomic mass is 10.1. The molecule has 1 aromatic rings. The van der Waals surface area contributed by atoms with Crippen LogP contribution in [0.5, 0.6) is 0 Å². The van der Waals surface area contributed by atoms with Gasteiger partial charge in [0, 0.05) is 12.1 Å². The minimum absolute atomic E-state index is 0.0136. The number of nitrogens with two attached hydrogens (primary N) is 1. The van der Waals surface area contributed by atoms with Crippen LogP contribution < -0.4 is 11.1 Å². The van der Waals surface area contributed by atoms with Gasteiger partial charge >= 0.3 is 0 Å². The molecule has 0 saturated carbocycles. The summed E-state index contributed by atoms with van der Waals surface area (Å²) in [5.41, 5.74) is 6.43. The van der Waals surface area contributed by atoms with Gasteiger partial charge in [-0.1, -0.05) is 30.3 Å². The molecule has 0 bridgehead atoms. The predicted molar refractivity (Wildman–Crippen MR) is 61.4 cm³/mol. The molecule has 0 aromatic heterocycles. The molecule has 0 saturated heterocycles. The Morgan fingerprint density at radius 1 is 1.33 bits per heavy atom. The van der Waals surface area contributed by atoms with E-state index in [1.165, 1.54) is 0 Å². The van der Waals surface area contributed by atoms with Crippen molar-refractivity contribution in [2.24, 2.45) is 5.73 Å². The first-order valence-electron chi connectivity index (χ1n) is 5.07. The van der Waals surface area contributed by atoms with Crippen LogP contribution in [0, 0.1) is 0 Å². The topological polar surface area (TPSA) is 55.1 Å². The second-order valence-corrected chi connectivity index (χ2v) is 4.43. The molecule has 82 valence electrons. The molecule has 15 heavy (non-hydrogen) atoms. The number of nitrogens with one attached hydrogen (secondary N) is 1. The van der Waals surface area contributed by atoms with Crippen molar-refractivity contribution in [3.63, 3.8) is 0 Å². The van der Waals surface area contributed by atoms with Crippen LogP contribution in [0.15, 0.2) is 30.3 Å². The monoisotopic (exact) mass is 206 g/mol. The molecule has 1 rings (SSSR count). The molecule has 0 spiro atoms. The van der Waals surface area contributed by atoms with E-state index in [0.717, 1.165) is 5.56 Å². The summed E-state index contributed by atoms with van der Waals surface area (Å²) in [6, 6.07) is 9.66. The van der Waals surface area contributed by atoms with Gasteiger partial charge in [-0.15, -0.1) is 0 Å². The number of hydrogen-bond acceptors (Lipinski definition) is 2. The Labute approximate surface area is 90.7 Å². The summed E-state index contributed by atoms with van der Waals surface area (Å²) in [5, 5.41) is 2.81. The van der Waals surface area contributed by atoms with E-state index in [4.69, 9.17) is 5.73 Å². The Morgan fingerprint density at radius 3 is 2.47 bits per heavy atom. The Morgan fingerprint density at radius 2 is 1.93 bits per heavy atom. The average Bonchev–Trinajstić information content (AvgIpc) is 2.15. The van der Waals surface area contributed by atoms with Crippen LogP contribution in [-0.4, -0.2) is 18.0 Å². The minimum atomic E-state index is -0.355. The first-order valence-corrected chi connectivity index (χ1v) is 5.07. The fourth-order valence-corrected chi connectivity index (χ4v) is 1.17. The summed E-state index contributed by atoms with van der Waals surface area (Å²) in [5.74, 6) is 0.0136. The SMILES string of the molecule is CC(C)(N)CNC(=O)Cc1ccccc1. The van der Waals surface area contributed by atoms with Gasteiger partial charge in [-0.2, -0.15) is 0 Å². The standard InChI is InChI=1S/C12H18N2O/c1-12(2,13)9-14-11(15)8-10-6-4-3-5-7-10/h3-7H,8-9,13H2,1-2H3,(H,14,15). The van der Waals surface area contributed by atoms with Gasteiger partial charge in [-0.25, -0.2) is 0 Å². The lowest BCUT2D eigenvalue weighted by Crippen LogP contribution is -2.45. The van der Waals surface area contributed by atoms with E-state index in [1.54, 1.807) is 0 Å². The highest BCUT2D eigenvalue weighted by Gasteiger charge is 2.12. The second kappa shape index (κ2) is 4.94. The van der Waals surface area contributed by atoms with Gasteiger partial charge in [0.25, 0.3) is 0 Å². The van der Waals surface area contributed by atoms with Crippen LogP contribution in [0.4, 0.5) is 0 Å². The van der Waals surface area contributed by atoms with E-state index < -0.39 is 0 Å². The first-order chi connectivity index (χ1) is 6.97. The van der Waals surface area contributed by atoms with Gasteiger partial charge in [0.1, 0.15) is 0 Å². The summed E-state index contributed by atoms with van der Waals surface area (Å²) < 4.78 is 0. The highest BCUT2D eigenvalue weighted by atomic mass is 16.1. The van der Waals surface area contributed by atoms with Crippen LogP contribution in [0.25, 0.3) is 0 Å². The zero-order valence-corrected chi connectivity index (χ0v) is 9.29. The molecule has 0 aliphatic carbocycles. The Hall–Kier alpha value is -1.35. The van der Waals surface area contributed by atoms with Crippen molar-refractivity contribution in [3.05, 3.63) is 35.9 Å². The number of benzene rings is 1. The summed E-state index contributed by atoms with van der Waals surface area (Å²) in [4.78, 5) is 11.5. The van der Waals surface area contributed by atoms with Crippen LogP contribution in [0.2, 0.25) is 0 Å². The molecule has 0 aliphatic heterocycles. The third kappa shape index (κ3) is 5.18. The van der Waals surface area contributed by atoms with Crippen molar-refractivity contribution in [1.29, 1.82) is 0 Å². The van der Waals surface area contributed by atoms with Gasteiger partial charge in [0.15, 0.2) is 0 Å². The molecule has 0 heterocycles. The Balaban J connectivity index is 2.38. The van der Waals surface area contributed by atoms with E-state index in [-0.39, 0.29) is 11.4 Å². The number of carbonyl (C=O) groups excluding carboxylic acids is 1. The van der Waals surface area contributed by atoms with E-state index in [2.05, 4.69) is 5.32 Å². The zero-order chi connectivity index (χ0) is 11.3. The largest absolute Gasteiger partial charge is 0.354 e. The van der Waals surface area contributed by atoms with E-state index in [9.17, 15) is 4.79 Å². The van der Waals surface area contributed by atoms with Crippen LogP contribution in [0.1, 0.15) is 19.4 Å². The van der Waals surface area contributed by atoms with Crippen molar-refractivity contribution >= 4 is 5.91 Å². The molecule has 3 nitrogen and oxygen atoms in total. The molecular formula is C12H18N2O. The predicted octanol–water partition coefficient (Wildman–Crippen LogP) is 1.08. The summed E-state index contributed by atoms with van der Waals surface area (Å²) >= 11 is 0. The van der Waals surface area contributed by atoms with Crippen LogP contribution in [0.3, 0.4) is 0 Å². The molecule has 0 unspecified atom stereocenters. The van der Waals surface area contributed by atoms with Crippen LogP contribution >= 0.6 is 0 Å². The number of amides is 1. The minimum Gasteiger partial charge on any atom is -0.354 e. The molecule has 0 radical (unpaired) electrons.